The van der Waals surface area contributed by atoms with Crippen molar-refractivity contribution in [1.29, 1.82) is 0 Å². The second kappa shape index (κ2) is 7.80. The molecule has 0 saturated heterocycles. The SMILES string of the molecule is OCc1ccc(-c2cn(Cc3ccc(-c4nnc(C(F)F)o4)cc3F)nn2)nc1. The van der Waals surface area contributed by atoms with Crippen molar-refractivity contribution in [3.05, 3.63) is 65.6 Å². The summed E-state index contributed by atoms with van der Waals surface area (Å²) in [6.45, 7) is -0.0117. The van der Waals surface area contributed by atoms with Gasteiger partial charge in [-0.3, -0.25) is 4.98 Å². The Bertz CT molecular complexity index is 1130. The van der Waals surface area contributed by atoms with Gasteiger partial charge in [-0.1, -0.05) is 17.3 Å². The summed E-state index contributed by atoms with van der Waals surface area (Å²) in [5.74, 6) is -1.59. The summed E-state index contributed by atoms with van der Waals surface area (Å²) in [6, 6.07) is 7.52. The molecule has 0 aliphatic carbocycles. The van der Waals surface area contributed by atoms with Gasteiger partial charge < -0.3 is 9.52 Å². The van der Waals surface area contributed by atoms with Crippen LogP contribution in [0.15, 0.2) is 47.1 Å². The van der Waals surface area contributed by atoms with Gasteiger partial charge in [-0.25, -0.2) is 9.07 Å². The maximum Gasteiger partial charge on any atom is 0.314 e. The van der Waals surface area contributed by atoms with Crippen LogP contribution in [-0.2, 0) is 13.2 Å². The van der Waals surface area contributed by atoms with Crippen LogP contribution in [0.2, 0.25) is 0 Å². The lowest BCUT2D eigenvalue weighted by atomic mass is 10.1. The molecule has 0 aliphatic rings. The Labute approximate surface area is 161 Å². The van der Waals surface area contributed by atoms with E-state index in [-0.39, 0.29) is 24.6 Å². The van der Waals surface area contributed by atoms with Crippen molar-refractivity contribution in [3.63, 3.8) is 0 Å². The normalized spacial score (nSPS) is 11.3. The Balaban J connectivity index is 1.51. The summed E-state index contributed by atoms with van der Waals surface area (Å²) < 4.78 is 45.8. The third-order valence-corrected chi connectivity index (χ3v) is 4.07. The molecule has 0 radical (unpaired) electrons. The van der Waals surface area contributed by atoms with Gasteiger partial charge in [0.25, 0.3) is 5.89 Å². The number of halogens is 3. The molecule has 0 unspecified atom stereocenters. The smallest absolute Gasteiger partial charge is 0.314 e. The van der Waals surface area contributed by atoms with Crippen molar-refractivity contribution in [2.24, 2.45) is 0 Å². The first-order valence-corrected chi connectivity index (χ1v) is 8.40. The molecule has 148 valence electrons. The molecule has 4 rings (SSSR count). The van der Waals surface area contributed by atoms with E-state index in [9.17, 15) is 13.2 Å². The topological polar surface area (TPSA) is 103 Å². The van der Waals surface area contributed by atoms with E-state index in [1.165, 1.54) is 23.0 Å². The molecule has 0 bridgehead atoms. The summed E-state index contributed by atoms with van der Waals surface area (Å²) in [4.78, 5) is 4.19. The molecular weight excluding hydrogens is 389 g/mol. The van der Waals surface area contributed by atoms with Gasteiger partial charge in [0.15, 0.2) is 0 Å². The minimum atomic E-state index is -2.89. The molecule has 3 heterocycles. The zero-order chi connectivity index (χ0) is 20.4. The molecule has 0 spiro atoms. The van der Waals surface area contributed by atoms with Gasteiger partial charge in [0.2, 0.25) is 5.89 Å². The Morgan fingerprint density at radius 1 is 1.07 bits per heavy atom. The van der Waals surface area contributed by atoms with Crippen LogP contribution in [0.3, 0.4) is 0 Å². The molecule has 0 aliphatic heterocycles. The van der Waals surface area contributed by atoms with E-state index < -0.39 is 18.1 Å². The van der Waals surface area contributed by atoms with Crippen LogP contribution < -0.4 is 0 Å². The predicted molar refractivity (Wildman–Crippen MR) is 92.9 cm³/mol. The molecule has 0 saturated carbocycles. The highest BCUT2D eigenvalue weighted by Crippen LogP contribution is 2.25. The predicted octanol–water partition coefficient (Wildman–Crippen LogP) is 3.01. The summed E-state index contributed by atoms with van der Waals surface area (Å²) in [6.07, 6.45) is 0.251. The van der Waals surface area contributed by atoms with Crippen LogP contribution in [0, 0.1) is 5.82 Å². The average Bonchev–Trinajstić information content (AvgIpc) is 3.40. The lowest BCUT2D eigenvalue weighted by Gasteiger charge is -2.04. The summed E-state index contributed by atoms with van der Waals surface area (Å²) >= 11 is 0. The number of rotatable bonds is 6. The number of alkyl halides is 2. The standard InChI is InChI=1S/C18H13F3N6O2/c19-13-5-11(17-24-25-18(29-17)16(20)21)2-3-12(13)7-27-8-15(23-26-27)14-4-1-10(9-28)6-22-14/h1-6,8,16,28H,7,9H2. The zero-order valence-electron chi connectivity index (χ0n) is 14.7. The lowest BCUT2D eigenvalue weighted by molar-refractivity contribution is 0.116. The van der Waals surface area contributed by atoms with Crippen molar-refractivity contribution >= 4 is 0 Å². The Kier molecular flexibility index (Phi) is 5.04. The molecule has 11 heteroatoms. The Morgan fingerprint density at radius 3 is 2.59 bits per heavy atom. The maximum atomic E-state index is 14.5. The van der Waals surface area contributed by atoms with Gasteiger partial charge in [-0.15, -0.1) is 15.3 Å². The number of nitrogens with zero attached hydrogens (tertiary/aromatic N) is 6. The van der Waals surface area contributed by atoms with Gasteiger partial charge in [0, 0.05) is 17.3 Å². The fourth-order valence-electron chi connectivity index (χ4n) is 2.59. The van der Waals surface area contributed by atoms with Crippen LogP contribution in [0.4, 0.5) is 13.2 Å². The first kappa shape index (κ1) is 18.7. The minimum Gasteiger partial charge on any atom is -0.415 e. The van der Waals surface area contributed by atoms with Crippen LogP contribution in [-0.4, -0.2) is 35.3 Å². The first-order valence-electron chi connectivity index (χ1n) is 8.40. The van der Waals surface area contributed by atoms with Gasteiger partial charge in [-0.05, 0) is 23.8 Å². The van der Waals surface area contributed by atoms with Crippen molar-refractivity contribution < 1.29 is 22.7 Å². The summed E-state index contributed by atoms with van der Waals surface area (Å²) in [7, 11) is 0. The molecule has 29 heavy (non-hydrogen) atoms. The number of pyridine rings is 1. The van der Waals surface area contributed by atoms with Crippen molar-refractivity contribution in [2.75, 3.05) is 0 Å². The number of aromatic nitrogens is 6. The quantitative estimate of drug-likeness (QED) is 0.529. The average molecular weight is 402 g/mol. The highest BCUT2D eigenvalue weighted by Gasteiger charge is 2.18. The molecule has 3 aromatic heterocycles. The molecule has 0 atom stereocenters. The van der Waals surface area contributed by atoms with Crippen LogP contribution in [0.5, 0.6) is 0 Å². The lowest BCUT2D eigenvalue weighted by Crippen LogP contribution is -2.03. The van der Waals surface area contributed by atoms with E-state index in [2.05, 4.69) is 25.5 Å². The second-order valence-electron chi connectivity index (χ2n) is 6.06. The summed E-state index contributed by atoms with van der Waals surface area (Å²) in [5, 5.41) is 23.8. The Morgan fingerprint density at radius 2 is 1.93 bits per heavy atom. The van der Waals surface area contributed by atoms with E-state index >= 15 is 0 Å². The number of aliphatic hydroxyl groups excluding tert-OH is 1. The molecule has 1 N–H and O–H groups in total. The van der Waals surface area contributed by atoms with E-state index in [1.807, 2.05) is 0 Å². The van der Waals surface area contributed by atoms with E-state index in [4.69, 9.17) is 9.52 Å². The molecule has 0 amide bonds. The third-order valence-electron chi connectivity index (χ3n) is 4.07. The number of hydrogen-bond donors (Lipinski definition) is 1. The van der Waals surface area contributed by atoms with Crippen LogP contribution in [0.25, 0.3) is 22.8 Å². The van der Waals surface area contributed by atoms with E-state index in [0.29, 0.717) is 22.5 Å². The maximum absolute atomic E-state index is 14.5. The highest BCUT2D eigenvalue weighted by molar-refractivity contribution is 5.54. The fraction of sp³-hybridized carbons (Fsp3) is 0.167. The van der Waals surface area contributed by atoms with Gasteiger partial charge in [0.05, 0.1) is 25.0 Å². The van der Waals surface area contributed by atoms with Gasteiger partial charge >= 0.3 is 6.43 Å². The fourth-order valence-corrected chi connectivity index (χ4v) is 2.59. The van der Waals surface area contributed by atoms with Gasteiger partial charge in [-0.2, -0.15) is 8.78 Å². The summed E-state index contributed by atoms with van der Waals surface area (Å²) in [5.41, 5.74) is 2.23. The van der Waals surface area contributed by atoms with Crippen molar-refractivity contribution in [1.82, 2.24) is 30.2 Å². The number of aliphatic hydroxyl groups is 1. The zero-order valence-corrected chi connectivity index (χ0v) is 14.7. The minimum absolute atomic E-state index is 0.0972. The third kappa shape index (κ3) is 3.99. The second-order valence-corrected chi connectivity index (χ2v) is 6.06. The molecule has 4 aromatic rings. The van der Waals surface area contributed by atoms with Crippen LogP contribution in [0.1, 0.15) is 23.4 Å². The van der Waals surface area contributed by atoms with E-state index in [0.717, 1.165) is 6.07 Å². The molecule has 0 fully saturated rings. The van der Waals surface area contributed by atoms with E-state index in [1.54, 1.807) is 18.3 Å². The molecule has 1 aromatic carbocycles. The molecular formula is C18H13F3N6O2. The largest absolute Gasteiger partial charge is 0.415 e. The highest BCUT2D eigenvalue weighted by atomic mass is 19.3. The van der Waals surface area contributed by atoms with Crippen molar-refractivity contribution in [2.45, 2.75) is 19.6 Å². The van der Waals surface area contributed by atoms with Crippen LogP contribution >= 0.6 is 0 Å². The monoisotopic (exact) mass is 402 g/mol. The van der Waals surface area contributed by atoms with Gasteiger partial charge in [0.1, 0.15) is 11.5 Å². The number of benzene rings is 1. The van der Waals surface area contributed by atoms with Crippen molar-refractivity contribution in [3.8, 4) is 22.8 Å². The Hall–Kier alpha value is -3.60. The molecule has 8 nitrogen and oxygen atoms in total. The first-order chi connectivity index (χ1) is 14.0. The number of hydrogen-bond acceptors (Lipinski definition) is 7.